The number of carbonyl (C=O) groups excluding carboxylic acids is 6. The van der Waals surface area contributed by atoms with E-state index in [2.05, 4.69) is 13.8 Å². The number of ether oxygens (including phenoxy) is 2. The van der Waals surface area contributed by atoms with Crippen LogP contribution in [0.1, 0.15) is 198 Å². The van der Waals surface area contributed by atoms with Gasteiger partial charge in [0.15, 0.2) is 0 Å². The van der Waals surface area contributed by atoms with Crippen molar-refractivity contribution in [1.29, 1.82) is 0 Å². The normalized spacial score (nSPS) is 14.8. The van der Waals surface area contributed by atoms with Crippen LogP contribution in [0, 0.1) is 0 Å². The van der Waals surface area contributed by atoms with Crippen LogP contribution in [0.2, 0.25) is 0 Å². The molecule has 5 aromatic carbocycles. The molecule has 340 valence electrons. The Kier molecular flexibility index (Phi) is 15.7. The van der Waals surface area contributed by atoms with Crippen LogP contribution in [0.25, 0.3) is 43.1 Å². The van der Waals surface area contributed by atoms with Crippen molar-refractivity contribution in [3.05, 3.63) is 70.8 Å². The average Bonchev–Trinajstić information content (AvgIpc) is 3.30. The van der Waals surface area contributed by atoms with Crippen molar-refractivity contribution < 1.29 is 38.2 Å². The minimum atomic E-state index is -1.11. The first-order chi connectivity index (χ1) is 31.1. The number of hydrogen-bond donors (Lipinski definition) is 0. The van der Waals surface area contributed by atoms with Crippen molar-refractivity contribution >= 4 is 78.7 Å². The van der Waals surface area contributed by atoms with Gasteiger partial charge >= 0.3 is 11.9 Å². The summed E-state index contributed by atoms with van der Waals surface area (Å²) in [5, 5.41) is 5.50. The summed E-state index contributed by atoms with van der Waals surface area (Å²) >= 11 is 0. The minimum absolute atomic E-state index is 0.240. The zero-order valence-electron chi connectivity index (χ0n) is 38.5. The fourth-order valence-electron chi connectivity index (χ4n) is 9.99. The van der Waals surface area contributed by atoms with Gasteiger partial charge in [0.2, 0.25) is 0 Å². The lowest BCUT2D eigenvalue weighted by Crippen LogP contribution is -2.49. The fraction of sp³-hybridized carbons (Fsp3) is 0.519. The van der Waals surface area contributed by atoms with E-state index < -0.39 is 47.7 Å². The van der Waals surface area contributed by atoms with E-state index >= 15 is 0 Å². The van der Waals surface area contributed by atoms with E-state index in [1.54, 1.807) is 24.3 Å². The van der Waals surface area contributed by atoms with E-state index in [1.165, 1.54) is 104 Å². The largest absolute Gasteiger partial charge is 0.464 e. The molecule has 0 aromatic heterocycles. The molecule has 10 heteroatoms. The standard InChI is InChI=1S/C54H66N2O8/c1-5-7-9-11-13-15-17-19-21-23-33-63-53(61)35(3)55-49(57)41-29-25-37-39-27-31-43-48-44(32-28-40(46(39)48)38-26-30-42(50(55)58)47(41)45(37)38)52(60)56(51(43)59)36(4)54(62)64-34-24-22-20-18-16-14-12-10-8-6-2/h25-32,35-36H,5-24,33-34H2,1-4H3/t35-,36-/m1/s1. The van der Waals surface area contributed by atoms with Crippen molar-refractivity contribution in [3.63, 3.8) is 0 Å². The van der Waals surface area contributed by atoms with E-state index in [1.807, 2.05) is 24.3 Å². The molecule has 7 rings (SSSR count). The molecule has 2 aliphatic rings. The predicted octanol–water partition coefficient (Wildman–Crippen LogP) is 12.6. The lowest BCUT2D eigenvalue weighted by atomic mass is 9.82. The van der Waals surface area contributed by atoms with E-state index in [4.69, 9.17) is 9.47 Å². The molecule has 64 heavy (non-hydrogen) atoms. The van der Waals surface area contributed by atoms with E-state index in [0.717, 1.165) is 80.6 Å². The highest BCUT2D eigenvalue weighted by molar-refractivity contribution is 6.41. The van der Waals surface area contributed by atoms with E-state index in [0.29, 0.717) is 33.0 Å². The summed E-state index contributed by atoms with van der Waals surface area (Å²) in [6, 6.07) is 11.9. The highest BCUT2D eigenvalue weighted by Crippen LogP contribution is 2.46. The zero-order chi connectivity index (χ0) is 45.3. The summed E-state index contributed by atoms with van der Waals surface area (Å²) in [4.78, 5) is 85.2. The Morgan fingerprint density at radius 3 is 0.906 bits per heavy atom. The van der Waals surface area contributed by atoms with Gasteiger partial charge in [0.05, 0.1) is 13.2 Å². The highest BCUT2D eigenvalue weighted by atomic mass is 16.5. The first-order valence-electron chi connectivity index (χ1n) is 24.4. The Labute approximate surface area is 377 Å². The zero-order valence-corrected chi connectivity index (χ0v) is 38.5. The molecule has 2 aliphatic heterocycles. The average molecular weight is 871 g/mol. The monoisotopic (exact) mass is 870 g/mol. The summed E-state index contributed by atoms with van der Waals surface area (Å²) in [5.74, 6) is -3.47. The Morgan fingerprint density at radius 2 is 0.641 bits per heavy atom. The maximum Gasteiger partial charge on any atom is 0.329 e. The lowest BCUT2D eigenvalue weighted by molar-refractivity contribution is -0.148. The molecule has 0 bridgehead atoms. The fourth-order valence-corrected chi connectivity index (χ4v) is 9.99. The van der Waals surface area contributed by atoms with Crippen molar-refractivity contribution in [3.8, 4) is 0 Å². The third-order valence-corrected chi connectivity index (χ3v) is 13.6. The van der Waals surface area contributed by atoms with Crippen molar-refractivity contribution in [1.82, 2.24) is 9.80 Å². The minimum Gasteiger partial charge on any atom is -0.464 e. The third-order valence-electron chi connectivity index (χ3n) is 13.6. The topological polar surface area (TPSA) is 127 Å². The Bertz CT molecular complexity index is 2230. The lowest BCUT2D eigenvalue weighted by Gasteiger charge is -2.32. The molecule has 4 amide bonds. The van der Waals surface area contributed by atoms with Crippen LogP contribution >= 0.6 is 0 Å². The van der Waals surface area contributed by atoms with Gasteiger partial charge in [0, 0.05) is 33.0 Å². The molecule has 0 fully saturated rings. The molecule has 0 saturated heterocycles. The smallest absolute Gasteiger partial charge is 0.329 e. The molecule has 2 heterocycles. The molecule has 0 aliphatic carbocycles. The molecular formula is C54H66N2O8. The molecule has 0 spiro atoms. The summed E-state index contributed by atoms with van der Waals surface area (Å²) in [6.45, 7) is 7.99. The van der Waals surface area contributed by atoms with Gasteiger partial charge < -0.3 is 9.47 Å². The third kappa shape index (κ3) is 9.38. The van der Waals surface area contributed by atoms with Crippen LogP contribution < -0.4 is 0 Å². The predicted molar refractivity (Wildman–Crippen MR) is 253 cm³/mol. The van der Waals surface area contributed by atoms with Gasteiger partial charge in [-0.3, -0.25) is 29.0 Å². The number of benzene rings is 5. The Morgan fingerprint density at radius 1 is 0.391 bits per heavy atom. The number of unbranched alkanes of at least 4 members (excludes halogenated alkanes) is 18. The van der Waals surface area contributed by atoms with Crippen LogP contribution in [0.5, 0.6) is 0 Å². The Hall–Kier alpha value is -5.38. The molecule has 0 radical (unpaired) electrons. The second-order valence-electron chi connectivity index (χ2n) is 18.2. The van der Waals surface area contributed by atoms with Gasteiger partial charge in [-0.1, -0.05) is 154 Å². The first-order valence-corrected chi connectivity index (χ1v) is 24.4. The number of esters is 2. The highest BCUT2D eigenvalue weighted by Gasteiger charge is 2.42. The molecule has 2 atom stereocenters. The number of nitrogens with zero attached hydrogens (tertiary/aromatic N) is 2. The number of rotatable bonds is 26. The summed E-state index contributed by atoms with van der Waals surface area (Å²) in [6.07, 6.45) is 23.1. The van der Waals surface area contributed by atoms with Crippen LogP contribution in [0.15, 0.2) is 48.5 Å². The second kappa shape index (κ2) is 21.5. The first kappa shape index (κ1) is 46.6. The number of fused-ring (bicyclic) bond motifs is 2. The quantitative estimate of drug-likeness (QED) is 0.0177. The van der Waals surface area contributed by atoms with Gasteiger partial charge in [-0.25, -0.2) is 9.59 Å². The maximum absolute atomic E-state index is 14.2. The molecule has 10 nitrogen and oxygen atoms in total. The molecular weight excluding hydrogens is 805 g/mol. The van der Waals surface area contributed by atoms with Gasteiger partial charge in [0.25, 0.3) is 23.6 Å². The van der Waals surface area contributed by atoms with Crippen LogP contribution in [-0.2, 0) is 19.1 Å². The Balaban J connectivity index is 1.03. The number of carbonyl (C=O) groups is 6. The molecule has 5 aromatic rings. The maximum atomic E-state index is 14.2. The summed E-state index contributed by atoms with van der Waals surface area (Å²) < 4.78 is 11.2. The van der Waals surface area contributed by atoms with Crippen LogP contribution in [-0.4, -0.2) is 70.7 Å². The molecule has 0 saturated carbocycles. The number of hydrogen-bond acceptors (Lipinski definition) is 8. The van der Waals surface area contributed by atoms with Gasteiger partial charge in [0.1, 0.15) is 12.1 Å². The van der Waals surface area contributed by atoms with Gasteiger partial charge in [-0.05, 0) is 83.3 Å². The van der Waals surface area contributed by atoms with Crippen LogP contribution in [0.4, 0.5) is 0 Å². The number of amides is 4. The van der Waals surface area contributed by atoms with Crippen LogP contribution in [0.3, 0.4) is 0 Å². The molecule has 0 unspecified atom stereocenters. The SMILES string of the molecule is CCCCCCCCCCCCOC(=O)[C@@H](C)N1C(=O)c2ccc3c4ccc5c6c(ccc(c7ccc(c2c37)C1=O)c64)C(=O)N([C@H](C)C(=O)OCCCCCCCCCCCC)C5=O. The summed E-state index contributed by atoms with van der Waals surface area (Å²) in [5.41, 5.74) is 1.25. The van der Waals surface area contributed by atoms with Crippen molar-refractivity contribution in [2.24, 2.45) is 0 Å². The molecule has 0 N–H and O–H groups in total. The summed E-state index contributed by atoms with van der Waals surface area (Å²) in [7, 11) is 0. The van der Waals surface area contributed by atoms with E-state index in [-0.39, 0.29) is 13.2 Å². The van der Waals surface area contributed by atoms with Crippen molar-refractivity contribution in [2.45, 2.75) is 168 Å². The van der Waals surface area contributed by atoms with Crippen molar-refractivity contribution in [2.75, 3.05) is 13.2 Å². The van der Waals surface area contributed by atoms with E-state index in [9.17, 15) is 28.8 Å². The van der Waals surface area contributed by atoms with Gasteiger partial charge in [-0.2, -0.15) is 0 Å². The second-order valence-corrected chi connectivity index (χ2v) is 18.2. The van der Waals surface area contributed by atoms with Gasteiger partial charge in [-0.15, -0.1) is 0 Å². The number of imide groups is 2.